The highest BCUT2D eigenvalue weighted by Crippen LogP contribution is 2.26. The average Bonchev–Trinajstić information content (AvgIpc) is 2.79. The first-order valence-electron chi connectivity index (χ1n) is 6.26. The number of halogens is 2. The van der Waals surface area contributed by atoms with Crippen molar-refractivity contribution < 1.29 is 23.1 Å². The van der Waals surface area contributed by atoms with Gasteiger partial charge in [0.05, 0.1) is 13.0 Å². The van der Waals surface area contributed by atoms with Crippen molar-refractivity contribution in [3.8, 4) is 0 Å². The molecule has 1 aromatic rings. The molecule has 4 nitrogen and oxygen atoms in total. The molecule has 2 rings (SSSR count). The Balaban J connectivity index is 2.22. The van der Waals surface area contributed by atoms with Crippen LogP contribution in [0.25, 0.3) is 0 Å². The third-order valence-corrected chi connectivity index (χ3v) is 3.58. The van der Waals surface area contributed by atoms with Gasteiger partial charge < -0.3 is 9.64 Å². The summed E-state index contributed by atoms with van der Waals surface area (Å²) in [4.78, 5) is 25.0. The van der Waals surface area contributed by atoms with Gasteiger partial charge in [-0.15, -0.1) is 0 Å². The van der Waals surface area contributed by atoms with Gasteiger partial charge in [-0.05, 0) is 18.1 Å². The van der Waals surface area contributed by atoms with E-state index >= 15 is 0 Å². The molecule has 0 radical (unpaired) electrons. The minimum atomic E-state index is -0.899. The number of hydrogen-bond donors (Lipinski definition) is 0. The number of amides is 1. The van der Waals surface area contributed by atoms with Gasteiger partial charge in [0.1, 0.15) is 17.2 Å². The summed E-state index contributed by atoms with van der Waals surface area (Å²) in [6, 6.07) is 3.27. The second kappa shape index (κ2) is 5.56. The standard InChI is InChI=1S/C14H15F2NO3/c1-8-6-17(7-9(8)14(19)20-2)13(18)12-10(15)4-3-5-11(12)16/h3-5,8-9H,6-7H2,1-2H3. The van der Waals surface area contributed by atoms with E-state index in [1.165, 1.54) is 18.1 Å². The van der Waals surface area contributed by atoms with E-state index in [4.69, 9.17) is 0 Å². The number of rotatable bonds is 2. The molecule has 1 saturated heterocycles. The number of ether oxygens (including phenoxy) is 1. The van der Waals surface area contributed by atoms with Crippen LogP contribution in [0.2, 0.25) is 0 Å². The van der Waals surface area contributed by atoms with Crippen molar-refractivity contribution in [2.24, 2.45) is 11.8 Å². The maximum Gasteiger partial charge on any atom is 0.310 e. The topological polar surface area (TPSA) is 46.6 Å². The normalized spacial score (nSPS) is 21.9. The Labute approximate surface area is 115 Å². The van der Waals surface area contributed by atoms with Crippen molar-refractivity contribution in [2.45, 2.75) is 6.92 Å². The van der Waals surface area contributed by atoms with Crippen LogP contribution in [0.1, 0.15) is 17.3 Å². The molecule has 1 aliphatic rings. The predicted molar refractivity (Wildman–Crippen MR) is 66.9 cm³/mol. The van der Waals surface area contributed by atoms with Gasteiger partial charge in [-0.1, -0.05) is 13.0 Å². The van der Waals surface area contributed by atoms with Crippen LogP contribution in [-0.2, 0) is 9.53 Å². The van der Waals surface area contributed by atoms with Gasteiger partial charge >= 0.3 is 5.97 Å². The fourth-order valence-electron chi connectivity index (χ4n) is 2.45. The van der Waals surface area contributed by atoms with Gasteiger partial charge in [0.25, 0.3) is 5.91 Å². The van der Waals surface area contributed by atoms with Crippen LogP contribution >= 0.6 is 0 Å². The van der Waals surface area contributed by atoms with Gasteiger partial charge in [-0.3, -0.25) is 9.59 Å². The second-order valence-corrected chi connectivity index (χ2v) is 4.91. The Morgan fingerprint density at radius 1 is 1.25 bits per heavy atom. The van der Waals surface area contributed by atoms with Gasteiger partial charge in [0.15, 0.2) is 0 Å². The van der Waals surface area contributed by atoms with Gasteiger partial charge in [-0.2, -0.15) is 0 Å². The summed E-state index contributed by atoms with van der Waals surface area (Å²) in [6.45, 7) is 2.18. The van der Waals surface area contributed by atoms with Crippen LogP contribution in [0, 0.1) is 23.5 Å². The molecule has 0 aromatic heterocycles. The molecule has 0 spiro atoms. The summed E-state index contributed by atoms with van der Waals surface area (Å²) >= 11 is 0. The van der Waals surface area contributed by atoms with Crippen molar-refractivity contribution in [3.05, 3.63) is 35.4 Å². The minimum absolute atomic E-state index is 0.110. The van der Waals surface area contributed by atoms with Crippen LogP contribution in [0.5, 0.6) is 0 Å². The fourth-order valence-corrected chi connectivity index (χ4v) is 2.45. The highest BCUT2D eigenvalue weighted by Gasteiger charge is 2.39. The summed E-state index contributed by atoms with van der Waals surface area (Å²) in [5.74, 6) is -3.52. The first-order chi connectivity index (χ1) is 9.45. The molecule has 6 heteroatoms. The molecule has 2 atom stereocenters. The monoisotopic (exact) mass is 283 g/mol. The first-order valence-corrected chi connectivity index (χ1v) is 6.26. The molecule has 1 aliphatic heterocycles. The molecule has 108 valence electrons. The van der Waals surface area contributed by atoms with Crippen LogP contribution < -0.4 is 0 Å². The third kappa shape index (κ3) is 2.50. The molecule has 20 heavy (non-hydrogen) atoms. The Kier molecular flexibility index (Phi) is 4.01. The third-order valence-electron chi connectivity index (χ3n) is 3.58. The lowest BCUT2D eigenvalue weighted by atomic mass is 9.99. The van der Waals surface area contributed by atoms with Crippen molar-refractivity contribution in [1.29, 1.82) is 0 Å². The predicted octanol–water partition coefficient (Wildman–Crippen LogP) is 1.85. The van der Waals surface area contributed by atoms with Crippen molar-refractivity contribution >= 4 is 11.9 Å². The highest BCUT2D eigenvalue weighted by molar-refractivity contribution is 5.95. The summed E-state index contributed by atoms with van der Waals surface area (Å²) in [6.07, 6.45) is 0. The molecule has 1 aromatic carbocycles. The number of hydrogen-bond acceptors (Lipinski definition) is 3. The zero-order valence-corrected chi connectivity index (χ0v) is 11.2. The Morgan fingerprint density at radius 3 is 2.40 bits per heavy atom. The van der Waals surface area contributed by atoms with Gasteiger partial charge in [0, 0.05) is 13.1 Å². The van der Waals surface area contributed by atoms with Crippen molar-refractivity contribution in [2.75, 3.05) is 20.2 Å². The molecule has 0 saturated carbocycles. The number of benzene rings is 1. The molecule has 2 unspecified atom stereocenters. The molecule has 0 N–H and O–H groups in total. The lowest BCUT2D eigenvalue weighted by Crippen LogP contribution is -2.31. The maximum absolute atomic E-state index is 13.6. The van der Waals surface area contributed by atoms with E-state index < -0.39 is 35.0 Å². The molecule has 1 fully saturated rings. The number of nitrogens with zero attached hydrogens (tertiary/aromatic N) is 1. The number of likely N-dealkylation sites (tertiary alicyclic amines) is 1. The lowest BCUT2D eigenvalue weighted by molar-refractivity contribution is -0.146. The average molecular weight is 283 g/mol. The smallest absolute Gasteiger partial charge is 0.310 e. The quantitative estimate of drug-likeness (QED) is 0.778. The van der Waals surface area contributed by atoms with E-state index in [2.05, 4.69) is 4.74 Å². The van der Waals surface area contributed by atoms with Gasteiger partial charge in [0.2, 0.25) is 0 Å². The first kappa shape index (κ1) is 14.4. The van der Waals surface area contributed by atoms with E-state index in [-0.39, 0.29) is 19.0 Å². The maximum atomic E-state index is 13.6. The molecule has 0 aliphatic carbocycles. The van der Waals surface area contributed by atoms with Crippen LogP contribution in [0.3, 0.4) is 0 Å². The number of carbonyl (C=O) groups is 2. The molecular weight excluding hydrogens is 268 g/mol. The summed E-state index contributed by atoms with van der Waals surface area (Å²) in [7, 11) is 1.27. The Bertz CT molecular complexity index is 527. The number of methoxy groups -OCH3 is 1. The Morgan fingerprint density at radius 2 is 1.85 bits per heavy atom. The van der Waals surface area contributed by atoms with Crippen molar-refractivity contribution in [3.63, 3.8) is 0 Å². The van der Waals surface area contributed by atoms with Crippen LogP contribution in [0.4, 0.5) is 8.78 Å². The van der Waals surface area contributed by atoms with Crippen LogP contribution in [-0.4, -0.2) is 37.0 Å². The summed E-state index contributed by atoms with van der Waals surface area (Å²) < 4.78 is 31.8. The highest BCUT2D eigenvalue weighted by atomic mass is 19.1. The van der Waals surface area contributed by atoms with Crippen molar-refractivity contribution in [1.82, 2.24) is 4.90 Å². The summed E-state index contributed by atoms with van der Waals surface area (Å²) in [5, 5.41) is 0. The zero-order chi connectivity index (χ0) is 14.9. The van der Waals surface area contributed by atoms with E-state index in [1.807, 2.05) is 0 Å². The molecule has 1 heterocycles. The van der Waals surface area contributed by atoms with Gasteiger partial charge in [-0.25, -0.2) is 8.78 Å². The molecular formula is C14H15F2NO3. The number of carbonyl (C=O) groups excluding carboxylic acids is 2. The summed E-state index contributed by atoms with van der Waals surface area (Å²) in [5.41, 5.74) is -0.579. The van der Waals surface area contributed by atoms with E-state index in [0.717, 1.165) is 12.1 Å². The minimum Gasteiger partial charge on any atom is -0.469 e. The molecule has 1 amide bonds. The SMILES string of the molecule is COC(=O)C1CN(C(=O)c2c(F)cccc2F)CC1C. The number of esters is 1. The van der Waals surface area contributed by atoms with Crippen LogP contribution in [0.15, 0.2) is 18.2 Å². The van der Waals surface area contributed by atoms with E-state index in [0.29, 0.717) is 0 Å². The molecule has 0 bridgehead atoms. The Hall–Kier alpha value is -1.98. The van der Waals surface area contributed by atoms with E-state index in [9.17, 15) is 18.4 Å². The fraction of sp³-hybridized carbons (Fsp3) is 0.429. The zero-order valence-electron chi connectivity index (χ0n) is 11.2. The van der Waals surface area contributed by atoms with E-state index in [1.54, 1.807) is 6.92 Å². The largest absolute Gasteiger partial charge is 0.469 e. The lowest BCUT2D eigenvalue weighted by Gasteiger charge is -2.16. The second-order valence-electron chi connectivity index (χ2n) is 4.91.